The van der Waals surface area contributed by atoms with Crippen LogP contribution < -0.4 is 15.0 Å². The summed E-state index contributed by atoms with van der Waals surface area (Å²) < 4.78 is 5.78. The summed E-state index contributed by atoms with van der Waals surface area (Å²) >= 11 is 0. The molecule has 174 valence electrons. The lowest BCUT2D eigenvalue weighted by Crippen LogP contribution is -2.49. The first-order chi connectivity index (χ1) is 16.2. The van der Waals surface area contributed by atoms with Gasteiger partial charge in [0.2, 0.25) is 5.82 Å². The number of nitrogens with one attached hydrogen (secondary N) is 2. The molecule has 10 nitrogen and oxygen atoms in total. The van der Waals surface area contributed by atoms with E-state index in [0.717, 1.165) is 5.56 Å². The van der Waals surface area contributed by atoms with Gasteiger partial charge in [-0.05, 0) is 19.4 Å². The minimum atomic E-state index is -1.16. The Morgan fingerprint density at radius 1 is 1.32 bits per heavy atom. The molecular weight excluding hydrogens is 436 g/mol. The van der Waals surface area contributed by atoms with Gasteiger partial charge in [0.1, 0.15) is 24.1 Å². The van der Waals surface area contributed by atoms with Crippen LogP contribution in [0.2, 0.25) is 0 Å². The molecule has 1 aromatic carbocycles. The molecule has 2 amide bonds. The van der Waals surface area contributed by atoms with Crippen molar-refractivity contribution in [3.8, 4) is 17.6 Å². The summed E-state index contributed by atoms with van der Waals surface area (Å²) in [6.07, 6.45) is 1.99. The van der Waals surface area contributed by atoms with Crippen LogP contribution in [0.3, 0.4) is 0 Å². The number of hydrogen-bond acceptors (Lipinski definition) is 7. The molecule has 0 spiro atoms. The number of carbonyl (C=O) groups is 2. The molecule has 1 aliphatic heterocycles. The average molecular weight is 460 g/mol. The molecule has 0 radical (unpaired) electrons. The number of nitrogens with zero attached hydrogens (tertiary/aromatic N) is 4. The molecule has 0 bridgehead atoms. The number of pyridine rings is 1. The maximum absolute atomic E-state index is 12.9. The molecule has 3 heterocycles. The quantitative estimate of drug-likeness (QED) is 0.496. The molecule has 0 fully saturated rings. The topological polar surface area (TPSA) is 133 Å². The van der Waals surface area contributed by atoms with Gasteiger partial charge in [0, 0.05) is 31.3 Å². The number of amides is 2. The molecule has 3 N–H and O–H groups in total. The van der Waals surface area contributed by atoms with E-state index in [0.29, 0.717) is 29.4 Å². The number of ether oxygens (including phenoxy) is 1. The maximum atomic E-state index is 12.9. The number of aromatic amines is 1. The van der Waals surface area contributed by atoms with Crippen LogP contribution in [0.25, 0.3) is 0 Å². The Balaban J connectivity index is 1.45. The van der Waals surface area contributed by atoms with Gasteiger partial charge in [0.15, 0.2) is 11.6 Å². The zero-order chi connectivity index (χ0) is 24.3. The van der Waals surface area contributed by atoms with Crippen LogP contribution in [0.15, 0.2) is 42.6 Å². The second kappa shape index (κ2) is 9.33. The number of aliphatic hydroxyl groups is 1. The van der Waals surface area contributed by atoms with Crippen LogP contribution in [-0.4, -0.2) is 62.4 Å². The van der Waals surface area contributed by atoms with E-state index in [1.165, 1.54) is 11.1 Å². The number of fused-ring (bicyclic) bond motifs is 1. The Hall–Kier alpha value is -4.23. The lowest BCUT2D eigenvalue weighted by atomic mass is 10.1. The van der Waals surface area contributed by atoms with E-state index in [2.05, 4.69) is 37.3 Å². The second-order valence-electron chi connectivity index (χ2n) is 8.37. The first-order valence-electron chi connectivity index (χ1n) is 10.6. The van der Waals surface area contributed by atoms with E-state index in [9.17, 15) is 14.7 Å². The molecule has 2 aromatic heterocycles. The molecule has 1 aliphatic rings. The molecule has 0 saturated heterocycles. The highest BCUT2D eigenvalue weighted by molar-refractivity contribution is 6.01. The van der Waals surface area contributed by atoms with Crippen molar-refractivity contribution in [2.24, 2.45) is 0 Å². The predicted octanol–water partition coefficient (Wildman–Crippen LogP) is 1.07. The largest absolute Gasteiger partial charge is 0.487 e. The number of aromatic nitrogens is 4. The summed E-state index contributed by atoms with van der Waals surface area (Å²) in [5.41, 5.74) is 0.394. The van der Waals surface area contributed by atoms with Gasteiger partial charge in [-0.1, -0.05) is 42.2 Å². The number of carbonyl (C=O) groups excluding carboxylic acids is 2. The van der Waals surface area contributed by atoms with Crippen molar-refractivity contribution in [1.82, 2.24) is 25.5 Å². The van der Waals surface area contributed by atoms with Crippen molar-refractivity contribution in [1.29, 1.82) is 0 Å². The first-order valence-corrected chi connectivity index (χ1v) is 10.6. The highest BCUT2D eigenvalue weighted by atomic mass is 16.5. The van der Waals surface area contributed by atoms with Crippen LogP contribution >= 0.6 is 0 Å². The third-order valence-electron chi connectivity index (χ3n) is 4.97. The van der Waals surface area contributed by atoms with Gasteiger partial charge in [-0.3, -0.25) is 14.5 Å². The summed E-state index contributed by atoms with van der Waals surface area (Å²) in [4.78, 5) is 34.2. The summed E-state index contributed by atoms with van der Waals surface area (Å²) in [5, 5.41) is 20.4. The molecule has 4 rings (SSSR count). The van der Waals surface area contributed by atoms with E-state index in [1.807, 2.05) is 30.3 Å². The van der Waals surface area contributed by atoms with Gasteiger partial charge in [0.05, 0.1) is 0 Å². The van der Waals surface area contributed by atoms with E-state index in [4.69, 9.17) is 4.74 Å². The van der Waals surface area contributed by atoms with Crippen molar-refractivity contribution >= 4 is 17.6 Å². The monoisotopic (exact) mass is 460 g/mol. The SMILES string of the molecule is CN1C(=O)C(NC(=O)c2nnc(Cc3ccccc3)[nH]2)COc2cc(C#CC(C)(C)O)cnc21. The highest BCUT2D eigenvalue weighted by Crippen LogP contribution is 2.29. The second-order valence-corrected chi connectivity index (χ2v) is 8.37. The van der Waals surface area contributed by atoms with Crippen molar-refractivity contribution in [2.45, 2.75) is 31.9 Å². The molecule has 10 heteroatoms. The molecule has 0 aliphatic carbocycles. The third kappa shape index (κ3) is 5.39. The Labute approximate surface area is 196 Å². The fraction of sp³-hybridized carbons (Fsp3) is 0.292. The zero-order valence-corrected chi connectivity index (χ0v) is 19.0. The van der Waals surface area contributed by atoms with Crippen molar-refractivity contribution in [3.63, 3.8) is 0 Å². The fourth-order valence-electron chi connectivity index (χ4n) is 3.27. The van der Waals surface area contributed by atoms with Gasteiger partial charge < -0.3 is 20.1 Å². The standard InChI is InChI=1S/C24H24N6O4/c1-24(2,33)10-9-16-11-18-21(25-13-16)30(3)23(32)17(14-34-18)26-22(31)20-27-19(28-29-20)12-15-7-5-4-6-8-15/h4-8,11,13,17,33H,12,14H2,1-3H3,(H,26,31)(H,27,28,29). The van der Waals surface area contributed by atoms with Crippen molar-refractivity contribution < 1.29 is 19.4 Å². The van der Waals surface area contributed by atoms with Gasteiger partial charge in [-0.15, -0.1) is 10.2 Å². The number of rotatable bonds is 4. The Morgan fingerprint density at radius 2 is 2.09 bits per heavy atom. The summed E-state index contributed by atoms with van der Waals surface area (Å²) in [5.74, 6) is 5.77. The van der Waals surface area contributed by atoms with Crippen LogP contribution in [-0.2, 0) is 11.2 Å². The molecule has 34 heavy (non-hydrogen) atoms. The highest BCUT2D eigenvalue weighted by Gasteiger charge is 2.32. The lowest BCUT2D eigenvalue weighted by Gasteiger charge is -2.19. The molecule has 0 saturated carbocycles. The average Bonchev–Trinajstić information content (AvgIpc) is 3.24. The summed E-state index contributed by atoms with van der Waals surface area (Å²) in [6.45, 7) is 3.05. The fourth-order valence-corrected chi connectivity index (χ4v) is 3.27. The first kappa shape index (κ1) is 22.9. The minimum absolute atomic E-state index is 0.00505. The van der Waals surface area contributed by atoms with Crippen molar-refractivity contribution in [2.75, 3.05) is 18.6 Å². The molecular formula is C24H24N6O4. The predicted molar refractivity (Wildman–Crippen MR) is 123 cm³/mol. The van der Waals surface area contributed by atoms with E-state index in [-0.39, 0.29) is 18.3 Å². The van der Waals surface area contributed by atoms with Crippen LogP contribution in [0, 0.1) is 11.8 Å². The van der Waals surface area contributed by atoms with Crippen molar-refractivity contribution in [3.05, 3.63) is 65.4 Å². The number of H-pyrrole nitrogens is 1. The lowest BCUT2D eigenvalue weighted by molar-refractivity contribution is -0.120. The van der Waals surface area contributed by atoms with Crippen LogP contribution in [0.1, 0.15) is 41.4 Å². The number of likely N-dealkylation sites (N-methyl/N-ethyl adjacent to an activating group) is 1. The van der Waals surface area contributed by atoms with Gasteiger partial charge in [-0.25, -0.2) is 4.98 Å². The van der Waals surface area contributed by atoms with Gasteiger partial charge in [-0.2, -0.15) is 0 Å². The van der Waals surface area contributed by atoms with E-state index < -0.39 is 17.6 Å². The zero-order valence-electron chi connectivity index (χ0n) is 19.0. The summed E-state index contributed by atoms with van der Waals surface area (Å²) in [7, 11) is 1.55. The van der Waals surface area contributed by atoms with Crippen LogP contribution in [0.4, 0.5) is 5.82 Å². The number of hydrogen-bond donors (Lipinski definition) is 3. The molecule has 3 aromatic rings. The third-order valence-corrected chi connectivity index (χ3v) is 4.97. The molecule has 1 atom stereocenters. The Kier molecular flexibility index (Phi) is 6.30. The minimum Gasteiger partial charge on any atom is -0.487 e. The van der Waals surface area contributed by atoms with Crippen LogP contribution in [0.5, 0.6) is 5.75 Å². The summed E-state index contributed by atoms with van der Waals surface area (Å²) in [6, 6.07) is 10.3. The number of benzene rings is 1. The maximum Gasteiger partial charge on any atom is 0.289 e. The van der Waals surface area contributed by atoms with E-state index in [1.54, 1.807) is 27.0 Å². The van der Waals surface area contributed by atoms with E-state index >= 15 is 0 Å². The normalized spacial score (nSPS) is 15.5. The number of anilines is 1. The smallest absolute Gasteiger partial charge is 0.289 e. The van der Waals surface area contributed by atoms with Gasteiger partial charge in [0.25, 0.3) is 11.8 Å². The Bertz CT molecular complexity index is 1270. The Morgan fingerprint density at radius 3 is 2.82 bits per heavy atom. The molecule has 1 unspecified atom stereocenters. The van der Waals surface area contributed by atoms with Gasteiger partial charge >= 0.3 is 0 Å².